The van der Waals surface area contributed by atoms with Crippen molar-refractivity contribution in [1.29, 1.82) is 0 Å². The first-order valence-corrected chi connectivity index (χ1v) is 18.6. The van der Waals surface area contributed by atoms with E-state index in [2.05, 4.69) is 37.5 Å². The summed E-state index contributed by atoms with van der Waals surface area (Å²) in [6, 6.07) is 15.1. The van der Waals surface area contributed by atoms with Crippen molar-refractivity contribution >= 4 is 11.8 Å². The zero-order chi connectivity index (χ0) is 34.0. The monoisotopic (exact) mass is 659 g/mol. The molecule has 7 rings (SSSR count). The molecule has 0 spiro atoms. The molecule has 8 nitrogen and oxygen atoms in total. The lowest BCUT2D eigenvalue weighted by Crippen LogP contribution is -2.62. The predicted molar refractivity (Wildman–Crippen MR) is 188 cm³/mol. The highest BCUT2D eigenvalue weighted by Gasteiger charge is 2.57. The van der Waals surface area contributed by atoms with Crippen LogP contribution < -0.4 is 10.6 Å². The summed E-state index contributed by atoms with van der Waals surface area (Å²) in [6.45, 7) is 9.33. The van der Waals surface area contributed by atoms with Crippen LogP contribution in [0.4, 0.5) is 0 Å². The van der Waals surface area contributed by atoms with Crippen LogP contribution in [-0.2, 0) is 16.2 Å². The fourth-order valence-corrected chi connectivity index (χ4v) is 9.52. The van der Waals surface area contributed by atoms with Crippen molar-refractivity contribution in [2.75, 3.05) is 13.2 Å². The molecule has 262 valence electrons. The van der Waals surface area contributed by atoms with Gasteiger partial charge in [0, 0.05) is 24.1 Å². The smallest absolute Gasteiger partial charge is 0.251 e. The zero-order valence-corrected chi connectivity index (χ0v) is 29.4. The van der Waals surface area contributed by atoms with Gasteiger partial charge in [-0.2, -0.15) is 5.06 Å². The molecule has 8 heteroatoms. The third-order valence-corrected chi connectivity index (χ3v) is 12.6. The molecule has 4 saturated carbocycles. The van der Waals surface area contributed by atoms with Crippen molar-refractivity contribution < 1.29 is 24.6 Å². The molecule has 2 aromatic carbocycles. The molecule has 0 radical (unpaired) electrons. The molecule has 0 unspecified atom stereocenters. The number of nitrogens with zero attached hydrogens (tertiary/aromatic N) is 1. The van der Waals surface area contributed by atoms with Crippen molar-refractivity contribution in [1.82, 2.24) is 15.7 Å². The van der Waals surface area contributed by atoms with E-state index in [9.17, 15) is 19.8 Å². The number of rotatable bonds is 12. The van der Waals surface area contributed by atoms with Crippen molar-refractivity contribution in [3.05, 3.63) is 59.7 Å². The highest BCUT2D eigenvalue weighted by atomic mass is 16.7. The van der Waals surface area contributed by atoms with Crippen LogP contribution in [0.15, 0.2) is 48.5 Å². The summed E-state index contributed by atoms with van der Waals surface area (Å²) in [5.74, 6) is 1.61. The lowest BCUT2D eigenvalue weighted by Gasteiger charge is -2.62. The minimum absolute atomic E-state index is 0.0525. The van der Waals surface area contributed by atoms with Gasteiger partial charge in [0.1, 0.15) is 12.1 Å². The Balaban J connectivity index is 1.12. The summed E-state index contributed by atoms with van der Waals surface area (Å²) in [7, 11) is 0. The maximum absolute atomic E-state index is 14.0. The zero-order valence-electron chi connectivity index (χ0n) is 29.4. The highest BCUT2D eigenvalue weighted by Crippen LogP contribution is 2.61. The molecule has 1 saturated heterocycles. The predicted octanol–water partition coefficient (Wildman–Crippen LogP) is 6.10. The average molecular weight is 660 g/mol. The van der Waals surface area contributed by atoms with Crippen molar-refractivity contribution in [2.24, 2.45) is 35.0 Å². The first-order chi connectivity index (χ1) is 23.1. The summed E-state index contributed by atoms with van der Waals surface area (Å²) < 4.78 is 0. The molecule has 4 N–H and O–H groups in total. The number of hydroxylamine groups is 2. The van der Waals surface area contributed by atoms with Gasteiger partial charge in [-0.25, -0.2) is 0 Å². The van der Waals surface area contributed by atoms with E-state index in [1.807, 2.05) is 42.5 Å². The average Bonchev–Trinajstić information content (AvgIpc) is 3.46. The van der Waals surface area contributed by atoms with Gasteiger partial charge in [-0.1, -0.05) is 83.2 Å². The quantitative estimate of drug-likeness (QED) is 0.205. The highest BCUT2D eigenvalue weighted by molar-refractivity contribution is 5.95. The Kier molecular flexibility index (Phi) is 11.0. The molecule has 2 aromatic rings. The molecule has 1 aliphatic heterocycles. The molecular formula is C40H57N3O5. The van der Waals surface area contributed by atoms with Crippen LogP contribution in [0.1, 0.15) is 101 Å². The van der Waals surface area contributed by atoms with E-state index in [1.165, 1.54) is 44.9 Å². The van der Waals surface area contributed by atoms with Gasteiger partial charge in [-0.3, -0.25) is 14.4 Å². The van der Waals surface area contributed by atoms with Gasteiger partial charge in [0.15, 0.2) is 0 Å². The molecule has 48 heavy (non-hydrogen) atoms. The van der Waals surface area contributed by atoms with E-state index >= 15 is 0 Å². The molecule has 2 amide bonds. The van der Waals surface area contributed by atoms with Crippen LogP contribution in [-0.4, -0.2) is 64.5 Å². The third-order valence-electron chi connectivity index (χ3n) is 12.6. The van der Waals surface area contributed by atoms with Crippen molar-refractivity contribution in [3.63, 3.8) is 0 Å². The summed E-state index contributed by atoms with van der Waals surface area (Å²) in [5, 5.41) is 29.1. The van der Waals surface area contributed by atoms with Crippen LogP contribution in [0.2, 0.25) is 0 Å². The minimum Gasteiger partial charge on any atom is -0.394 e. The van der Waals surface area contributed by atoms with E-state index in [4.69, 9.17) is 4.84 Å². The maximum Gasteiger partial charge on any atom is 0.251 e. The van der Waals surface area contributed by atoms with Gasteiger partial charge >= 0.3 is 0 Å². The van der Waals surface area contributed by atoms with Gasteiger partial charge < -0.3 is 20.8 Å². The van der Waals surface area contributed by atoms with Crippen molar-refractivity contribution in [2.45, 2.75) is 116 Å². The lowest BCUT2D eigenvalue weighted by atomic mass is 9.45. The Morgan fingerprint density at radius 3 is 2.46 bits per heavy atom. The SMILES string of the molecule is C[C@@H]1[C@@H](NC(=O)[C@@H]2[C@H]([C@H](C)O)[C@H](CO)ON2Cc2cccc(-c3cccc(C(=O)NCCCC4CCCCC4)c3)c2)C[C@H]2C[C@@H]1C2(C)C. The molecule has 5 fully saturated rings. The molecule has 0 aromatic heterocycles. The Morgan fingerprint density at radius 2 is 1.77 bits per heavy atom. The number of aliphatic hydroxyl groups is 2. The molecule has 2 bridgehead atoms. The molecule has 1 heterocycles. The number of benzene rings is 2. The largest absolute Gasteiger partial charge is 0.394 e. The lowest BCUT2D eigenvalue weighted by molar-refractivity contribution is -0.183. The first-order valence-electron chi connectivity index (χ1n) is 18.6. The van der Waals surface area contributed by atoms with E-state index in [-0.39, 0.29) is 24.5 Å². The summed E-state index contributed by atoms with van der Waals surface area (Å²) in [6.07, 6.45) is 9.58. The van der Waals surface area contributed by atoms with Crippen LogP contribution in [0, 0.1) is 35.0 Å². The number of carbonyl (C=O) groups excluding carboxylic acids is 2. The van der Waals surface area contributed by atoms with E-state index in [0.29, 0.717) is 41.8 Å². The van der Waals surface area contributed by atoms with Crippen LogP contribution in [0.3, 0.4) is 0 Å². The first kappa shape index (κ1) is 35.1. The number of carbonyl (C=O) groups is 2. The summed E-state index contributed by atoms with van der Waals surface area (Å²) in [4.78, 5) is 33.2. The number of aliphatic hydroxyl groups excluding tert-OH is 2. The number of fused-ring (bicyclic) bond motifs is 2. The standard InChI is InChI=1S/C40H57N3O5/c1-25-33-21-32(40(33,3)4)22-34(25)42-39(47)37-36(26(2)45)35(24-44)48-43(37)23-28-13-8-15-29(19-28)30-16-9-17-31(20-30)38(46)41-18-10-14-27-11-6-5-7-12-27/h8-9,13,15-17,19-20,25-27,32-37,44-45H,5-7,10-12,14,18,21-24H2,1-4H3,(H,41,46)(H,42,47)/t25-,26-,32+,33-,34-,35-,36+,37-/m0/s1. The Bertz CT molecular complexity index is 1420. The van der Waals surface area contributed by atoms with Gasteiger partial charge in [0.2, 0.25) is 5.91 Å². The van der Waals surface area contributed by atoms with Gasteiger partial charge in [-0.15, -0.1) is 0 Å². The second-order valence-electron chi connectivity index (χ2n) is 15.9. The summed E-state index contributed by atoms with van der Waals surface area (Å²) >= 11 is 0. The van der Waals surface area contributed by atoms with Gasteiger partial charge in [0.25, 0.3) is 5.91 Å². The fourth-order valence-electron chi connectivity index (χ4n) is 9.52. The molecule has 4 aliphatic carbocycles. The second-order valence-corrected chi connectivity index (χ2v) is 15.9. The number of nitrogens with one attached hydrogen (secondary N) is 2. The van der Waals surface area contributed by atoms with E-state index < -0.39 is 24.2 Å². The van der Waals surface area contributed by atoms with E-state index in [1.54, 1.807) is 12.0 Å². The van der Waals surface area contributed by atoms with Crippen LogP contribution >= 0.6 is 0 Å². The number of hydrogen-bond acceptors (Lipinski definition) is 6. The molecule has 8 atom stereocenters. The Hall–Kier alpha value is -2.78. The van der Waals surface area contributed by atoms with Gasteiger partial charge in [-0.05, 0) is 96.6 Å². The molecule has 5 aliphatic rings. The topological polar surface area (TPSA) is 111 Å². The van der Waals surface area contributed by atoms with Gasteiger partial charge in [0.05, 0.1) is 19.3 Å². The molecular weight excluding hydrogens is 602 g/mol. The van der Waals surface area contributed by atoms with E-state index in [0.717, 1.165) is 35.4 Å². The number of hydrogen-bond donors (Lipinski definition) is 4. The minimum atomic E-state index is -0.841. The normalized spacial score (nSPS) is 30.8. The fraction of sp³-hybridized carbons (Fsp3) is 0.650. The maximum atomic E-state index is 14.0. The number of amides is 2. The van der Waals surface area contributed by atoms with Crippen LogP contribution in [0.5, 0.6) is 0 Å². The second kappa shape index (κ2) is 15.0. The summed E-state index contributed by atoms with van der Waals surface area (Å²) in [5.41, 5.74) is 3.78. The van der Waals surface area contributed by atoms with Crippen LogP contribution in [0.25, 0.3) is 11.1 Å². The Labute approximate surface area is 287 Å². The third kappa shape index (κ3) is 7.37. The Morgan fingerprint density at radius 1 is 1.04 bits per heavy atom. The van der Waals surface area contributed by atoms with Crippen molar-refractivity contribution in [3.8, 4) is 11.1 Å².